The zero-order chi connectivity index (χ0) is 20.8. The van der Waals surface area contributed by atoms with Crippen LogP contribution >= 0.6 is 24.0 Å². The van der Waals surface area contributed by atoms with Crippen LogP contribution in [0.1, 0.15) is 11.3 Å². The van der Waals surface area contributed by atoms with Crippen molar-refractivity contribution < 1.29 is 14.2 Å². The predicted octanol–water partition coefficient (Wildman–Crippen LogP) is 3.14. The van der Waals surface area contributed by atoms with Crippen LogP contribution < -0.4 is 24.8 Å². The summed E-state index contributed by atoms with van der Waals surface area (Å²) in [5, 5.41) is 11.2. The van der Waals surface area contributed by atoms with Crippen LogP contribution in [0.2, 0.25) is 0 Å². The molecule has 0 unspecified atom stereocenters. The third-order valence-corrected chi connectivity index (χ3v) is 4.78. The first-order valence-corrected chi connectivity index (χ1v) is 9.77. The fourth-order valence-electron chi connectivity index (χ4n) is 3.15. The van der Waals surface area contributed by atoms with E-state index in [1.54, 1.807) is 14.2 Å². The molecule has 0 saturated carbocycles. The first kappa shape index (κ1) is 22.7. The van der Waals surface area contributed by atoms with E-state index in [1.807, 2.05) is 53.3 Å². The van der Waals surface area contributed by atoms with E-state index < -0.39 is 0 Å². The summed E-state index contributed by atoms with van der Waals surface area (Å²) in [6, 6.07) is 15.8. The van der Waals surface area contributed by atoms with E-state index in [9.17, 15) is 0 Å². The monoisotopic (exact) mass is 535 g/mol. The number of hydrogen-bond acceptors (Lipinski definition) is 5. The van der Waals surface area contributed by atoms with Crippen LogP contribution in [0.4, 0.5) is 0 Å². The van der Waals surface area contributed by atoms with Crippen LogP contribution in [0.3, 0.4) is 0 Å². The lowest BCUT2D eigenvalue weighted by atomic mass is 10.1. The number of nitrogens with one attached hydrogen (secondary N) is 2. The van der Waals surface area contributed by atoms with E-state index in [1.165, 1.54) is 5.56 Å². The molecule has 0 fully saturated rings. The zero-order valence-corrected chi connectivity index (χ0v) is 19.8. The maximum absolute atomic E-state index is 5.43. The number of methoxy groups -OCH3 is 1. The van der Waals surface area contributed by atoms with E-state index in [4.69, 9.17) is 14.2 Å². The Bertz CT molecular complexity index is 1020. The minimum atomic E-state index is 0. The summed E-state index contributed by atoms with van der Waals surface area (Å²) in [4.78, 5) is 4.28. The summed E-state index contributed by atoms with van der Waals surface area (Å²) in [5.41, 5.74) is 3.08. The van der Waals surface area contributed by atoms with Crippen LogP contribution in [0.5, 0.6) is 17.2 Å². The molecule has 0 atom stereocenters. The van der Waals surface area contributed by atoms with E-state index in [0.29, 0.717) is 13.3 Å². The average molecular weight is 535 g/mol. The van der Waals surface area contributed by atoms with Gasteiger partial charge in [-0.3, -0.25) is 4.99 Å². The molecule has 0 saturated heterocycles. The van der Waals surface area contributed by atoms with Gasteiger partial charge in [0.2, 0.25) is 6.79 Å². The molecule has 9 heteroatoms. The number of aromatic nitrogens is 2. The number of halogens is 1. The number of rotatable bonds is 7. The van der Waals surface area contributed by atoms with Gasteiger partial charge in [0.25, 0.3) is 0 Å². The normalized spacial score (nSPS) is 12.3. The lowest BCUT2D eigenvalue weighted by Gasteiger charge is -2.11. The van der Waals surface area contributed by atoms with E-state index >= 15 is 0 Å². The Morgan fingerprint density at radius 3 is 2.68 bits per heavy atom. The van der Waals surface area contributed by atoms with Crippen LogP contribution in [-0.2, 0) is 13.0 Å². The Morgan fingerprint density at radius 2 is 1.90 bits per heavy atom. The Morgan fingerprint density at radius 1 is 1.10 bits per heavy atom. The summed E-state index contributed by atoms with van der Waals surface area (Å²) in [5.74, 6) is 3.17. The van der Waals surface area contributed by atoms with E-state index in [2.05, 4.69) is 26.8 Å². The van der Waals surface area contributed by atoms with Gasteiger partial charge in [-0.1, -0.05) is 6.07 Å². The first-order chi connectivity index (χ1) is 14.7. The number of fused-ring (bicyclic) bond motifs is 1. The number of nitrogens with zero attached hydrogens (tertiary/aromatic N) is 3. The van der Waals surface area contributed by atoms with Gasteiger partial charge in [-0.05, 0) is 54.4 Å². The lowest BCUT2D eigenvalue weighted by molar-refractivity contribution is 0.174. The van der Waals surface area contributed by atoms with Gasteiger partial charge in [0.1, 0.15) is 5.75 Å². The second-order valence-corrected chi connectivity index (χ2v) is 6.74. The molecule has 1 aromatic heterocycles. The fraction of sp³-hybridized carbons (Fsp3) is 0.273. The van der Waals surface area contributed by atoms with Crippen LogP contribution in [0, 0.1) is 0 Å². The molecule has 2 heterocycles. The second kappa shape index (κ2) is 10.9. The highest BCUT2D eigenvalue weighted by molar-refractivity contribution is 14.0. The second-order valence-electron chi connectivity index (χ2n) is 6.74. The van der Waals surface area contributed by atoms with Gasteiger partial charge < -0.3 is 24.8 Å². The van der Waals surface area contributed by atoms with Crippen LogP contribution in [-0.4, -0.2) is 43.2 Å². The molecule has 0 bridgehead atoms. The standard InChI is InChI=1S/C22H25N5O3.HI/c1-23-22(24-11-9-16-3-8-20-21(13-16)30-15-29-20)25-14-17-10-12-27(26-17)18-4-6-19(28-2)7-5-18;/h3-8,10,12-13H,9,11,14-15H2,1-2H3,(H2,23,24,25);1H. The molecular weight excluding hydrogens is 509 g/mol. The van der Waals surface area contributed by atoms with Crippen molar-refractivity contribution >= 4 is 29.9 Å². The fourth-order valence-corrected chi connectivity index (χ4v) is 3.15. The Labute approximate surface area is 198 Å². The maximum atomic E-state index is 5.43. The van der Waals surface area contributed by atoms with Gasteiger partial charge in [0, 0.05) is 19.8 Å². The Hall–Kier alpha value is -2.95. The van der Waals surface area contributed by atoms with Crippen LogP contribution in [0.15, 0.2) is 59.7 Å². The topological polar surface area (TPSA) is 81.9 Å². The number of ether oxygens (including phenoxy) is 3. The SMILES string of the molecule is CN=C(NCCc1ccc2c(c1)OCO2)NCc1ccn(-c2ccc(OC)cc2)n1.I. The van der Waals surface area contributed by atoms with Crippen molar-refractivity contribution in [3.63, 3.8) is 0 Å². The summed E-state index contributed by atoms with van der Waals surface area (Å²) < 4.78 is 17.8. The summed E-state index contributed by atoms with van der Waals surface area (Å²) in [6.45, 7) is 1.62. The summed E-state index contributed by atoms with van der Waals surface area (Å²) >= 11 is 0. The Balaban J connectivity index is 0.00000272. The molecule has 31 heavy (non-hydrogen) atoms. The van der Waals surface area contributed by atoms with E-state index in [0.717, 1.165) is 47.6 Å². The molecule has 1 aliphatic rings. The van der Waals surface area contributed by atoms with Gasteiger partial charge >= 0.3 is 0 Å². The smallest absolute Gasteiger partial charge is 0.231 e. The zero-order valence-electron chi connectivity index (χ0n) is 17.5. The van der Waals surface area contributed by atoms with Crippen LogP contribution in [0.25, 0.3) is 5.69 Å². The van der Waals surface area contributed by atoms with Crippen molar-refractivity contribution in [3.8, 4) is 22.9 Å². The molecule has 0 aliphatic carbocycles. The van der Waals surface area contributed by atoms with Gasteiger partial charge in [-0.2, -0.15) is 5.10 Å². The number of aliphatic imine (C=N–C) groups is 1. The largest absolute Gasteiger partial charge is 0.497 e. The molecular formula is C22H26IN5O3. The first-order valence-electron chi connectivity index (χ1n) is 9.77. The van der Waals surface area contributed by atoms with Gasteiger partial charge in [0.15, 0.2) is 17.5 Å². The van der Waals surface area contributed by atoms with Gasteiger partial charge in [-0.15, -0.1) is 24.0 Å². The molecule has 2 aromatic carbocycles. The van der Waals surface area contributed by atoms with Crippen molar-refractivity contribution in [1.29, 1.82) is 0 Å². The molecule has 8 nitrogen and oxygen atoms in total. The maximum Gasteiger partial charge on any atom is 0.231 e. The molecule has 2 N–H and O–H groups in total. The average Bonchev–Trinajstić information content (AvgIpc) is 3.45. The Kier molecular flexibility index (Phi) is 7.99. The number of hydrogen-bond donors (Lipinski definition) is 2. The number of guanidine groups is 1. The molecule has 4 rings (SSSR count). The highest BCUT2D eigenvalue weighted by Crippen LogP contribution is 2.32. The quantitative estimate of drug-likeness (QED) is 0.275. The number of benzene rings is 2. The lowest BCUT2D eigenvalue weighted by Crippen LogP contribution is -2.37. The summed E-state index contributed by atoms with van der Waals surface area (Å²) in [7, 11) is 3.41. The predicted molar refractivity (Wildman–Crippen MR) is 130 cm³/mol. The molecule has 0 amide bonds. The third kappa shape index (κ3) is 5.81. The molecule has 0 radical (unpaired) electrons. The minimum Gasteiger partial charge on any atom is -0.497 e. The van der Waals surface area contributed by atoms with Crippen molar-refractivity contribution in [1.82, 2.24) is 20.4 Å². The van der Waals surface area contributed by atoms with Gasteiger partial charge in [-0.25, -0.2) is 4.68 Å². The third-order valence-electron chi connectivity index (χ3n) is 4.78. The molecule has 164 valence electrons. The van der Waals surface area contributed by atoms with Crippen molar-refractivity contribution in [2.45, 2.75) is 13.0 Å². The van der Waals surface area contributed by atoms with Crippen molar-refractivity contribution in [2.75, 3.05) is 27.5 Å². The molecule has 1 aliphatic heterocycles. The summed E-state index contributed by atoms with van der Waals surface area (Å²) in [6.07, 6.45) is 2.79. The highest BCUT2D eigenvalue weighted by atomic mass is 127. The highest BCUT2D eigenvalue weighted by Gasteiger charge is 2.13. The van der Waals surface area contributed by atoms with Gasteiger partial charge in [0.05, 0.1) is 25.0 Å². The van der Waals surface area contributed by atoms with Crippen molar-refractivity contribution in [3.05, 3.63) is 66.0 Å². The van der Waals surface area contributed by atoms with E-state index in [-0.39, 0.29) is 24.0 Å². The molecule has 0 spiro atoms. The van der Waals surface area contributed by atoms with Crippen molar-refractivity contribution in [2.24, 2.45) is 4.99 Å². The minimum absolute atomic E-state index is 0. The molecule has 3 aromatic rings.